The quantitative estimate of drug-likeness (QED) is 0.528. The molecule has 2 aliphatic rings. The lowest BCUT2D eigenvalue weighted by atomic mass is 9.85. The standard InChI is InChI=1S/C30H44FN7O4/c1-18(2)32-27(40)38-16-20(15-36-17-22(34-35-36)19-9-11-21(31)12-10-19)24-23(38)13-14-37(24)26(39)25(29(3,4)5)33-28(41)42-30(6,7)8/h9-12,17-18,20,23-25H,13-16H2,1-8H3,(H,32,40)(H,33,41). The summed E-state index contributed by atoms with van der Waals surface area (Å²) in [5.74, 6) is -0.671. The lowest BCUT2D eigenvalue weighted by Gasteiger charge is -2.37. The van der Waals surface area contributed by atoms with Crippen molar-refractivity contribution < 1.29 is 23.5 Å². The van der Waals surface area contributed by atoms with E-state index in [0.29, 0.717) is 31.7 Å². The fourth-order valence-corrected chi connectivity index (χ4v) is 5.81. The number of rotatable bonds is 6. The minimum Gasteiger partial charge on any atom is -0.444 e. The zero-order chi connectivity index (χ0) is 31.0. The van der Waals surface area contributed by atoms with Crippen molar-refractivity contribution in [2.24, 2.45) is 11.3 Å². The Hall–Kier alpha value is -3.70. The van der Waals surface area contributed by atoms with Crippen LogP contribution in [0.4, 0.5) is 14.0 Å². The number of halogens is 1. The van der Waals surface area contributed by atoms with Crippen LogP contribution in [0.15, 0.2) is 30.5 Å². The number of nitrogens with one attached hydrogen (secondary N) is 2. The molecule has 4 rings (SSSR count). The summed E-state index contributed by atoms with van der Waals surface area (Å²) in [6, 6.07) is 4.55. The molecule has 0 aliphatic carbocycles. The molecule has 1 aromatic carbocycles. The molecule has 2 aromatic rings. The fourth-order valence-electron chi connectivity index (χ4n) is 5.81. The van der Waals surface area contributed by atoms with Crippen LogP contribution >= 0.6 is 0 Å². The molecule has 0 spiro atoms. The van der Waals surface area contributed by atoms with E-state index in [0.717, 1.165) is 5.56 Å². The van der Waals surface area contributed by atoms with E-state index < -0.39 is 23.2 Å². The maximum Gasteiger partial charge on any atom is 0.408 e. The van der Waals surface area contributed by atoms with E-state index in [1.54, 1.807) is 43.8 Å². The molecule has 0 saturated carbocycles. The van der Waals surface area contributed by atoms with Crippen molar-refractivity contribution >= 4 is 18.0 Å². The van der Waals surface area contributed by atoms with Gasteiger partial charge in [-0.3, -0.25) is 9.48 Å². The van der Waals surface area contributed by atoms with Gasteiger partial charge in [0, 0.05) is 37.2 Å². The molecule has 2 aliphatic heterocycles. The molecule has 3 heterocycles. The molecule has 11 nitrogen and oxygen atoms in total. The van der Waals surface area contributed by atoms with Gasteiger partial charge in [0.15, 0.2) is 0 Å². The normalized spacial score (nSPS) is 21.3. The van der Waals surface area contributed by atoms with E-state index in [1.807, 2.05) is 44.4 Å². The van der Waals surface area contributed by atoms with Gasteiger partial charge in [0.2, 0.25) is 5.91 Å². The van der Waals surface area contributed by atoms with Gasteiger partial charge in [0.05, 0.1) is 18.3 Å². The average molecular weight is 586 g/mol. The number of alkyl carbamates (subject to hydrolysis) is 1. The Kier molecular flexibility index (Phi) is 8.84. The van der Waals surface area contributed by atoms with Crippen LogP contribution in [-0.4, -0.2) is 85.7 Å². The lowest BCUT2D eigenvalue weighted by Crippen LogP contribution is -2.57. The van der Waals surface area contributed by atoms with Gasteiger partial charge < -0.3 is 25.2 Å². The van der Waals surface area contributed by atoms with Crippen molar-refractivity contribution in [2.75, 3.05) is 13.1 Å². The highest BCUT2D eigenvalue weighted by Crippen LogP contribution is 2.38. The summed E-state index contributed by atoms with van der Waals surface area (Å²) in [6.07, 6.45) is 1.77. The zero-order valence-electron chi connectivity index (χ0n) is 25.8. The first kappa shape index (κ1) is 31.2. The predicted octanol–water partition coefficient (Wildman–Crippen LogP) is 4.04. The second-order valence-electron chi connectivity index (χ2n) is 13.7. The third-order valence-corrected chi connectivity index (χ3v) is 7.56. The summed E-state index contributed by atoms with van der Waals surface area (Å²) in [6.45, 7) is 16.2. The summed E-state index contributed by atoms with van der Waals surface area (Å²) in [5.41, 5.74) is 0.0429. The lowest BCUT2D eigenvalue weighted by molar-refractivity contribution is -0.137. The number of hydrogen-bond donors (Lipinski definition) is 2. The number of hydrogen-bond acceptors (Lipinski definition) is 6. The molecular formula is C30H44FN7O4. The van der Waals surface area contributed by atoms with E-state index >= 15 is 0 Å². The van der Waals surface area contributed by atoms with Gasteiger partial charge in [-0.25, -0.2) is 14.0 Å². The Balaban J connectivity index is 1.60. The SMILES string of the molecule is CC(C)NC(=O)N1CC(Cn2cc(-c3ccc(F)cc3)nn2)C2C1CCN2C(=O)C(NC(=O)OC(C)(C)C)C(C)(C)C. The number of carbonyl (C=O) groups is 3. The molecule has 230 valence electrons. The van der Waals surface area contributed by atoms with Crippen molar-refractivity contribution in [3.63, 3.8) is 0 Å². The van der Waals surface area contributed by atoms with E-state index in [-0.39, 0.29) is 41.8 Å². The molecule has 4 unspecified atom stereocenters. The van der Waals surface area contributed by atoms with Crippen LogP contribution in [0, 0.1) is 17.2 Å². The Morgan fingerprint density at radius 1 is 1.05 bits per heavy atom. The van der Waals surface area contributed by atoms with Crippen LogP contribution in [0.5, 0.6) is 0 Å². The van der Waals surface area contributed by atoms with Crippen LogP contribution in [-0.2, 0) is 16.1 Å². The van der Waals surface area contributed by atoms with Crippen molar-refractivity contribution in [1.29, 1.82) is 0 Å². The summed E-state index contributed by atoms with van der Waals surface area (Å²) in [7, 11) is 0. The van der Waals surface area contributed by atoms with Gasteiger partial charge in [0.25, 0.3) is 0 Å². The minimum atomic E-state index is -0.832. The molecule has 1 aromatic heterocycles. The Morgan fingerprint density at radius 3 is 2.31 bits per heavy atom. The first-order valence-corrected chi connectivity index (χ1v) is 14.6. The van der Waals surface area contributed by atoms with E-state index in [1.165, 1.54) is 12.1 Å². The number of nitrogens with zero attached hydrogens (tertiary/aromatic N) is 5. The van der Waals surface area contributed by atoms with E-state index in [2.05, 4.69) is 20.9 Å². The van der Waals surface area contributed by atoms with Crippen molar-refractivity contribution in [2.45, 2.75) is 98.1 Å². The summed E-state index contributed by atoms with van der Waals surface area (Å²) >= 11 is 0. The van der Waals surface area contributed by atoms with E-state index in [9.17, 15) is 18.8 Å². The maximum absolute atomic E-state index is 14.2. The molecule has 4 atom stereocenters. The Morgan fingerprint density at radius 2 is 1.71 bits per heavy atom. The molecule has 0 bridgehead atoms. The van der Waals surface area contributed by atoms with Crippen molar-refractivity contribution in [1.82, 2.24) is 35.4 Å². The molecule has 0 radical (unpaired) electrons. The van der Waals surface area contributed by atoms with Gasteiger partial charge in [-0.15, -0.1) is 5.10 Å². The number of urea groups is 1. The van der Waals surface area contributed by atoms with Gasteiger partial charge in [0.1, 0.15) is 23.2 Å². The van der Waals surface area contributed by atoms with Crippen LogP contribution < -0.4 is 10.6 Å². The number of aromatic nitrogens is 3. The van der Waals surface area contributed by atoms with Crippen LogP contribution in [0.3, 0.4) is 0 Å². The van der Waals surface area contributed by atoms with Crippen LogP contribution in [0.2, 0.25) is 0 Å². The number of benzene rings is 1. The van der Waals surface area contributed by atoms with Gasteiger partial charge >= 0.3 is 12.1 Å². The number of fused-ring (bicyclic) bond motifs is 1. The summed E-state index contributed by atoms with van der Waals surface area (Å²) < 4.78 is 20.6. The molecular weight excluding hydrogens is 541 g/mol. The fraction of sp³-hybridized carbons (Fsp3) is 0.633. The molecule has 42 heavy (non-hydrogen) atoms. The summed E-state index contributed by atoms with van der Waals surface area (Å²) in [5, 5.41) is 14.4. The highest BCUT2D eigenvalue weighted by molar-refractivity contribution is 5.87. The minimum absolute atomic E-state index is 0.0361. The zero-order valence-corrected chi connectivity index (χ0v) is 25.8. The number of carbonyl (C=O) groups excluding carboxylic acids is 3. The molecule has 2 fully saturated rings. The van der Waals surface area contributed by atoms with Crippen LogP contribution in [0.1, 0.15) is 61.8 Å². The predicted molar refractivity (Wildman–Crippen MR) is 156 cm³/mol. The van der Waals surface area contributed by atoms with Gasteiger partial charge in [-0.2, -0.15) is 0 Å². The van der Waals surface area contributed by atoms with Gasteiger partial charge in [-0.1, -0.05) is 26.0 Å². The largest absolute Gasteiger partial charge is 0.444 e. The van der Waals surface area contributed by atoms with Gasteiger partial charge in [-0.05, 0) is 70.7 Å². The Bertz CT molecular complexity index is 1280. The molecule has 12 heteroatoms. The molecule has 2 saturated heterocycles. The average Bonchev–Trinajstić information content (AvgIpc) is 3.58. The van der Waals surface area contributed by atoms with Crippen molar-refractivity contribution in [3.8, 4) is 11.3 Å². The maximum atomic E-state index is 14.2. The third kappa shape index (κ3) is 7.19. The first-order valence-electron chi connectivity index (χ1n) is 14.6. The van der Waals surface area contributed by atoms with E-state index in [4.69, 9.17) is 4.74 Å². The molecule has 4 amide bonds. The highest BCUT2D eigenvalue weighted by Gasteiger charge is 2.53. The monoisotopic (exact) mass is 585 g/mol. The smallest absolute Gasteiger partial charge is 0.408 e. The van der Waals surface area contributed by atoms with Crippen LogP contribution in [0.25, 0.3) is 11.3 Å². The number of amides is 4. The summed E-state index contributed by atoms with van der Waals surface area (Å²) in [4.78, 5) is 43.8. The molecule has 2 N–H and O–H groups in total. The number of likely N-dealkylation sites (tertiary alicyclic amines) is 2. The van der Waals surface area contributed by atoms with Crippen molar-refractivity contribution in [3.05, 3.63) is 36.3 Å². The topological polar surface area (TPSA) is 122 Å². The Labute approximate surface area is 247 Å². The second-order valence-corrected chi connectivity index (χ2v) is 13.7. The third-order valence-electron chi connectivity index (χ3n) is 7.56. The first-order chi connectivity index (χ1) is 19.5. The highest BCUT2D eigenvalue weighted by atomic mass is 19.1. The number of ether oxygens (including phenoxy) is 1. The second kappa shape index (κ2) is 11.9.